The molecule has 10 nitrogen and oxygen atoms in total. The molecule has 0 unspecified atom stereocenters. The smallest absolute Gasteiger partial charge is 0.244 e. The van der Waals surface area contributed by atoms with Crippen molar-refractivity contribution in [2.24, 2.45) is 7.05 Å². The lowest BCUT2D eigenvalue weighted by atomic mass is 9.86. The summed E-state index contributed by atoms with van der Waals surface area (Å²) in [5.74, 6) is 2.03. The Morgan fingerprint density at radius 2 is 2.00 bits per heavy atom. The molecule has 6 aromatic rings. The van der Waals surface area contributed by atoms with E-state index in [1.54, 1.807) is 21.6 Å². The molecule has 1 N–H and O–H groups in total. The second-order valence-corrected chi connectivity index (χ2v) is 9.60. The number of aromatic amines is 1. The normalized spacial score (nSPS) is 14.2. The fourth-order valence-electron chi connectivity index (χ4n) is 4.83. The van der Waals surface area contributed by atoms with Crippen molar-refractivity contribution in [3.8, 4) is 28.9 Å². The van der Waals surface area contributed by atoms with Crippen LogP contribution in [0.2, 0.25) is 5.02 Å². The lowest BCUT2D eigenvalue weighted by molar-refractivity contribution is 0.306. The number of hydrogen-bond donors (Lipinski definition) is 1. The highest BCUT2D eigenvalue weighted by molar-refractivity contribution is 6.30. The lowest BCUT2D eigenvalue weighted by Gasteiger charge is -2.24. The summed E-state index contributed by atoms with van der Waals surface area (Å²) in [6, 6.07) is 15.3. The van der Waals surface area contributed by atoms with E-state index in [1.807, 2.05) is 68.8 Å². The van der Waals surface area contributed by atoms with Gasteiger partial charge in [-0.25, -0.2) is 14.5 Å². The summed E-state index contributed by atoms with van der Waals surface area (Å²) < 4.78 is 15.5. The average molecular weight is 525 g/mol. The van der Waals surface area contributed by atoms with Crippen LogP contribution in [0.3, 0.4) is 0 Å². The standard InChI is InChI=1S/C27H21ClN8O2/c1-15-21-22(18-11-30-35(2)12-18)23-25-31-24(34-36(25)14-29-26(23)38-27(21)33-32-15)17-6-3-5-16(9-17)13-37-20-8-4-7-19(28)10-20/h3-12,14,22H,13H2,1-2H3,(H,32,33)/t22-/m1/s1. The number of aryl methyl sites for hydroxylation is 2. The van der Waals surface area contributed by atoms with Gasteiger partial charge in [-0.15, -0.1) is 10.2 Å². The summed E-state index contributed by atoms with van der Waals surface area (Å²) >= 11 is 6.08. The van der Waals surface area contributed by atoms with Gasteiger partial charge in [-0.3, -0.25) is 9.78 Å². The Morgan fingerprint density at radius 1 is 1.11 bits per heavy atom. The van der Waals surface area contributed by atoms with E-state index in [0.29, 0.717) is 40.6 Å². The minimum absolute atomic E-state index is 0.216. The molecule has 0 saturated heterocycles. The molecular formula is C27H21ClN8O2. The Kier molecular flexibility index (Phi) is 5.15. The Morgan fingerprint density at radius 3 is 2.84 bits per heavy atom. The number of hydrogen-bond acceptors (Lipinski definition) is 7. The van der Waals surface area contributed by atoms with Gasteiger partial charge in [-0.2, -0.15) is 5.10 Å². The highest BCUT2D eigenvalue weighted by atomic mass is 35.5. The Bertz CT molecular complexity index is 1820. The van der Waals surface area contributed by atoms with Gasteiger partial charge in [0.25, 0.3) is 0 Å². The summed E-state index contributed by atoms with van der Waals surface area (Å²) in [6.07, 6.45) is 5.45. The van der Waals surface area contributed by atoms with E-state index in [-0.39, 0.29) is 5.92 Å². The van der Waals surface area contributed by atoms with Crippen LogP contribution in [0, 0.1) is 6.92 Å². The third kappa shape index (κ3) is 3.77. The number of nitrogens with one attached hydrogen (secondary N) is 1. The SMILES string of the molecule is Cc1[nH]nc2c1[C@@H](c1cnn(C)c1)c1c(ncn3nc(-c4cccc(COc5cccc(Cl)c5)c4)nc13)O2. The summed E-state index contributed by atoms with van der Waals surface area (Å²) in [7, 11) is 1.89. The average Bonchev–Trinajstić information content (AvgIpc) is 3.65. The molecular weight excluding hydrogens is 504 g/mol. The number of halogens is 1. The van der Waals surface area contributed by atoms with Crippen molar-refractivity contribution in [3.63, 3.8) is 0 Å². The zero-order chi connectivity index (χ0) is 25.8. The fourth-order valence-corrected chi connectivity index (χ4v) is 5.01. The van der Waals surface area contributed by atoms with Crippen molar-refractivity contribution in [2.75, 3.05) is 0 Å². The third-order valence-corrected chi connectivity index (χ3v) is 6.80. The topological polar surface area (TPSA) is 108 Å². The second-order valence-electron chi connectivity index (χ2n) is 9.16. The molecule has 0 radical (unpaired) electrons. The van der Waals surface area contributed by atoms with Gasteiger partial charge in [0.1, 0.15) is 18.7 Å². The van der Waals surface area contributed by atoms with E-state index in [9.17, 15) is 0 Å². The van der Waals surface area contributed by atoms with Gasteiger partial charge in [0.05, 0.1) is 17.7 Å². The molecule has 38 heavy (non-hydrogen) atoms. The molecule has 11 heteroatoms. The van der Waals surface area contributed by atoms with Crippen LogP contribution in [-0.2, 0) is 13.7 Å². The predicted molar refractivity (Wildman–Crippen MR) is 140 cm³/mol. The molecule has 0 aliphatic carbocycles. The first kappa shape index (κ1) is 22.5. The number of H-pyrrole nitrogens is 1. The quantitative estimate of drug-likeness (QED) is 0.334. The molecule has 0 spiro atoms. The number of benzene rings is 2. The van der Waals surface area contributed by atoms with Gasteiger partial charge in [0.2, 0.25) is 11.8 Å². The number of aromatic nitrogens is 8. The van der Waals surface area contributed by atoms with Gasteiger partial charge in [-0.05, 0) is 36.8 Å². The highest BCUT2D eigenvalue weighted by Crippen LogP contribution is 2.48. The lowest BCUT2D eigenvalue weighted by Crippen LogP contribution is -2.14. The van der Waals surface area contributed by atoms with Crippen molar-refractivity contribution in [3.05, 3.63) is 100 Å². The Hall–Kier alpha value is -4.70. The molecule has 0 amide bonds. The largest absolute Gasteiger partial charge is 0.489 e. The molecule has 1 atom stereocenters. The van der Waals surface area contributed by atoms with Crippen molar-refractivity contribution < 1.29 is 9.47 Å². The van der Waals surface area contributed by atoms with Gasteiger partial charge in [-0.1, -0.05) is 35.9 Å². The fraction of sp³-hybridized carbons (Fsp3) is 0.148. The Labute approximate surface area is 221 Å². The first-order valence-electron chi connectivity index (χ1n) is 12.0. The molecule has 4 aromatic heterocycles. The van der Waals surface area contributed by atoms with Gasteiger partial charge >= 0.3 is 0 Å². The molecule has 7 rings (SSSR count). The van der Waals surface area contributed by atoms with Crippen LogP contribution >= 0.6 is 11.6 Å². The van der Waals surface area contributed by atoms with Crippen LogP contribution in [0.15, 0.2) is 67.3 Å². The number of nitrogens with zero attached hydrogens (tertiary/aromatic N) is 7. The van der Waals surface area contributed by atoms with Crippen LogP contribution in [0.5, 0.6) is 17.5 Å². The third-order valence-electron chi connectivity index (χ3n) is 6.56. The van der Waals surface area contributed by atoms with E-state index in [4.69, 9.17) is 31.2 Å². The Balaban J connectivity index is 1.29. The van der Waals surface area contributed by atoms with E-state index in [2.05, 4.69) is 20.3 Å². The van der Waals surface area contributed by atoms with Gasteiger partial charge in [0.15, 0.2) is 11.5 Å². The maximum absolute atomic E-state index is 6.09. The summed E-state index contributed by atoms with van der Waals surface area (Å²) in [6.45, 7) is 2.36. The minimum atomic E-state index is -0.216. The van der Waals surface area contributed by atoms with E-state index in [1.165, 1.54) is 0 Å². The minimum Gasteiger partial charge on any atom is -0.489 e. The molecule has 1 aliphatic rings. The molecule has 0 fully saturated rings. The molecule has 5 heterocycles. The van der Waals surface area contributed by atoms with E-state index in [0.717, 1.165) is 33.5 Å². The van der Waals surface area contributed by atoms with Crippen LogP contribution in [0.25, 0.3) is 17.0 Å². The van der Waals surface area contributed by atoms with E-state index >= 15 is 0 Å². The van der Waals surface area contributed by atoms with Crippen LogP contribution < -0.4 is 9.47 Å². The van der Waals surface area contributed by atoms with Crippen LogP contribution in [0.4, 0.5) is 0 Å². The molecule has 2 aromatic carbocycles. The first-order chi connectivity index (χ1) is 18.5. The van der Waals surface area contributed by atoms with Crippen molar-refractivity contribution in [1.29, 1.82) is 0 Å². The predicted octanol–water partition coefficient (Wildman–Crippen LogP) is 5.07. The van der Waals surface area contributed by atoms with Crippen LogP contribution in [-0.4, -0.2) is 39.6 Å². The summed E-state index contributed by atoms with van der Waals surface area (Å²) in [4.78, 5) is 9.51. The van der Waals surface area contributed by atoms with Gasteiger partial charge < -0.3 is 9.47 Å². The van der Waals surface area contributed by atoms with Crippen molar-refractivity contribution in [1.82, 2.24) is 39.6 Å². The van der Waals surface area contributed by atoms with Crippen molar-refractivity contribution >= 4 is 17.2 Å². The number of rotatable bonds is 5. The zero-order valence-corrected chi connectivity index (χ0v) is 21.2. The monoisotopic (exact) mass is 524 g/mol. The molecule has 1 aliphatic heterocycles. The summed E-state index contributed by atoms with van der Waals surface area (Å²) in [5.41, 5.74) is 6.16. The second kappa shape index (κ2) is 8.70. The molecule has 0 bridgehead atoms. The van der Waals surface area contributed by atoms with Crippen molar-refractivity contribution in [2.45, 2.75) is 19.4 Å². The maximum Gasteiger partial charge on any atom is 0.244 e. The molecule has 0 saturated carbocycles. The zero-order valence-electron chi connectivity index (χ0n) is 20.5. The number of fused-ring (bicyclic) bond motifs is 4. The maximum atomic E-state index is 6.09. The number of ether oxygens (including phenoxy) is 2. The highest BCUT2D eigenvalue weighted by Gasteiger charge is 2.37. The van der Waals surface area contributed by atoms with Gasteiger partial charge in [0, 0.05) is 40.7 Å². The summed E-state index contributed by atoms with van der Waals surface area (Å²) in [5, 5.41) is 17.2. The first-order valence-corrected chi connectivity index (χ1v) is 12.4. The molecule has 188 valence electrons. The van der Waals surface area contributed by atoms with E-state index < -0.39 is 0 Å². The van der Waals surface area contributed by atoms with Crippen LogP contribution in [0.1, 0.15) is 33.9 Å².